The van der Waals surface area contributed by atoms with E-state index in [0.717, 1.165) is 11.8 Å². The predicted octanol–water partition coefficient (Wildman–Crippen LogP) is 2.83. The van der Waals surface area contributed by atoms with Crippen LogP contribution in [0.1, 0.15) is 21.9 Å². The zero-order valence-corrected chi connectivity index (χ0v) is 9.00. The summed E-state index contributed by atoms with van der Waals surface area (Å²) in [5, 5.41) is 0. The Kier molecular flexibility index (Phi) is 3.31. The Bertz CT molecular complexity index is 550. The topological polar surface area (TPSA) is 47.3 Å². The molecule has 0 aliphatic heterocycles. The van der Waals surface area contributed by atoms with E-state index in [9.17, 15) is 9.59 Å². The van der Waals surface area contributed by atoms with Crippen LogP contribution in [-0.4, -0.2) is 12.6 Å². The van der Waals surface area contributed by atoms with E-state index in [2.05, 4.69) is 0 Å². The second-order valence-corrected chi connectivity index (χ2v) is 3.44. The standard InChI is InChI=1S/C14H10O3/c15-9-12(11-4-2-1-3-5-11)8-13-6-7-14(10-16)17-13/h1-10H/b12-8-. The van der Waals surface area contributed by atoms with Crippen molar-refractivity contribution >= 4 is 24.2 Å². The van der Waals surface area contributed by atoms with Crippen LogP contribution in [0, 0.1) is 0 Å². The maximum Gasteiger partial charge on any atom is 0.185 e. The van der Waals surface area contributed by atoms with Gasteiger partial charge in [-0.3, -0.25) is 9.59 Å². The van der Waals surface area contributed by atoms with Gasteiger partial charge >= 0.3 is 0 Å². The lowest BCUT2D eigenvalue weighted by molar-refractivity contribution is -0.103. The smallest absolute Gasteiger partial charge is 0.185 e. The minimum Gasteiger partial charge on any atom is -0.454 e. The quantitative estimate of drug-likeness (QED) is 0.595. The molecule has 2 rings (SSSR count). The average molecular weight is 226 g/mol. The summed E-state index contributed by atoms with van der Waals surface area (Å²) < 4.78 is 5.18. The number of furan rings is 1. The summed E-state index contributed by atoms with van der Waals surface area (Å²) in [5.74, 6) is 0.729. The lowest BCUT2D eigenvalue weighted by Gasteiger charge is -1.98. The van der Waals surface area contributed by atoms with Gasteiger partial charge in [0.2, 0.25) is 0 Å². The number of carbonyl (C=O) groups is 2. The SMILES string of the molecule is O=C/C(=C/c1ccc(C=O)o1)c1ccccc1. The first-order valence-electron chi connectivity index (χ1n) is 5.11. The maximum atomic E-state index is 11.0. The van der Waals surface area contributed by atoms with Crippen LogP contribution in [0.25, 0.3) is 11.6 Å². The van der Waals surface area contributed by atoms with E-state index >= 15 is 0 Å². The molecule has 1 aromatic heterocycles. The van der Waals surface area contributed by atoms with Gasteiger partial charge in [-0.05, 0) is 23.8 Å². The number of rotatable bonds is 4. The minimum absolute atomic E-state index is 0.245. The van der Waals surface area contributed by atoms with Gasteiger partial charge in [-0.1, -0.05) is 30.3 Å². The molecule has 0 unspecified atom stereocenters. The van der Waals surface area contributed by atoms with Crippen LogP contribution < -0.4 is 0 Å². The van der Waals surface area contributed by atoms with Crippen LogP contribution in [0.4, 0.5) is 0 Å². The normalized spacial score (nSPS) is 11.2. The number of hydrogen-bond donors (Lipinski definition) is 0. The lowest BCUT2D eigenvalue weighted by Crippen LogP contribution is -1.84. The molecule has 0 N–H and O–H groups in total. The van der Waals surface area contributed by atoms with Crippen LogP contribution in [0.15, 0.2) is 46.9 Å². The third-order valence-electron chi connectivity index (χ3n) is 2.30. The minimum atomic E-state index is 0.245. The molecule has 0 spiro atoms. The lowest BCUT2D eigenvalue weighted by atomic mass is 10.1. The van der Waals surface area contributed by atoms with Crippen molar-refractivity contribution in [2.45, 2.75) is 0 Å². The Morgan fingerprint density at radius 3 is 2.24 bits per heavy atom. The van der Waals surface area contributed by atoms with Gasteiger partial charge in [-0.25, -0.2) is 0 Å². The summed E-state index contributed by atoms with van der Waals surface area (Å²) in [6.45, 7) is 0. The fourth-order valence-electron chi connectivity index (χ4n) is 1.48. The van der Waals surface area contributed by atoms with E-state index in [1.54, 1.807) is 18.2 Å². The van der Waals surface area contributed by atoms with Crippen molar-refractivity contribution in [3.8, 4) is 0 Å². The molecule has 84 valence electrons. The van der Waals surface area contributed by atoms with Crippen LogP contribution in [0.2, 0.25) is 0 Å². The highest BCUT2D eigenvalue weighted by atomic mass is 16.3. The predicted molar refractivity (Wildman–Crippen MR) is 64.5 cm³/mol. The first-order chi connectivity index (χ1) is 8.33. The van der Waals surface area contributed by atoms with E-state index < -0.39 is 0 Å². The average Bonchev–Trinajstić information content (AvgIpc) is 2.84. The Morgan fingerprint density at radius 1 is 0.941 bits per heavy atom. The van der Waals surface area contributed by atoms with Crippen LogP contribution in [0.5, 0.6) is 0 Å². The highest BCUT2D eigenvalue weighted by Crippen LogP contribution is 2.17. The molecule has 3 nitrogen and oxygen atoms in total. The molecule has 17 heavy (non-hydrogen) atoms. The fourth-order valence-corrected chi connectivity index (χ4v) is 1.48. The second-order valence-electron chi connectivity index (χ2n) is 3.44. The van der Waals surface area contributed by atoms with Crippen molar-refractivity contribution in [3.05, 3.63) is 59.5 Å². The van der Waals surface area contributed by atoms with Gasteiger partial charge in [0, 0.05) is 5.57 Å². The second kappa shape index (κ2) is 5.07. The van der Waals surface area contributed by atoms with Crippen LogP contribution in [-0.2, 0) is 4.79 Å². The van der Waals surface area contributed by atoms with E-state index in [0.29, 0.717) is 17.6 Å². The number of carbonyl (C=O) groups excluding carboxylic acids is 2. The zero-order chi connectivity index (χ0) is 12.1. The van der Waals surface area contributed by atoms with Crippen LogP contribution in [0.3, 0.4) is 0 Å². The monoisotopic (exact) mass is 226 g/mol. The van der Waals surface area contributed by atoms with E-state index in [4.69, 9.17) is 4.42 Å². The number of aldehydes is 2. The van der Waals surface area contributed by atoms with Gasteiger partial charge in [-0.15, -0.1) is 0 Å². The van der Waals surface area contributed by atoms with Crippen LogP contribution >= 0.6 is 0 Å². The summed E-state index contributed by atoms with van der Waals surface area (Å²) in [6.07, 6.45) is 2.99. The molecule has 0 radical (unpaired) electrons. The molecule has 2 aromatic rings. The van der Waals surface area contributed by atoms with Gasteiger partial charge in [0.1, 0.15) is 5.76 Å². The van der Waals surface area contributed by atoms with Gasteiger partial charge in [0.25, 0.3) is 0 Å². The molecular weight excluding hydrogens is 216 g/mol. The molecule has 0 saturated heterocycles. The molecule has 3 heteroatoms. The van der Waals surface area contributed by atoms with E-state index in [1.807, 2.05) is 30.3 Å². The third-order valence-corrected chi connectivity index (χ3v) is 2.30. The molecule has 0 amide bonds. The molecule has 0 aliphatic rings. The van der Waals surface area contributed by atoms with Gasteiger partial charge in [0.05, 0.1) is 0 Å². The number of allylic oxidation sites excluding steroid dienone is 1. The summed E-state index contributed by atoms with van der Waals surface area (Å²) in [5.41, 5.74) is 1.32. The number of hydrogen-bond acceptors (Lipinski definition) is 3. The number of benzene rings is 1. The van der Waals surface area contributed by atoms with Crippen molar-refractivity contribution in [1.82, 2.24) is 0 Å². The summed E-state index contributed by atoms with van der Waals surface area (Å²) >= 11 is 0. The van der Waals surface area contributed by atoms with E-state index in [-0.39, 0.29) is 5.76 Å². The first kappa shape index (κ1) is 11.1. The van der Waals surface area contributed by atoms with Crippen molar-refractivity contribution < 1.29 is 14.0 Å². The molecule has 0 bridgehead atoms. The fraction of sp³-hybridized carbons (Fsp3) is 0. The maximum absolute atomic E-state index is 11.0. The Balaban J connectivity index is 2.36. The molecule has 0 saturated carbocycles. The zero-order valence-electron chi connectivity index (χ0n) is 9.00. The molecule has 0 aliphatic carbocycles. The summed E-state index contributed by atoms with van der Waals surface area (Å²) in [4.78, 5) is 21.5. The van der Waals surface area contributed by atoms with E-state index in [1.165, 1.54) is 0 Å². The molecule has 1 heterocycles. The molecule has 0 atom stereocenters. The largest absolute Gasteiger partial charge is 0.454 e. The summed E-state index contributed by atoms with van der Waals surface area (Å²) in [7, 11) is 0. The van der Waals surface area contributed by atoms with Crippen molar-refractivity contribution in [3.63, 3.8) is 0 Å². The Morgan fingerprint density at radius 2 is 1.65 bits per heavy atom. The molecule has 1 aromatic carbocycles. The van der Waals surface area contributed by atoms with Gasteiger partial charge in [-0.2, -0.15) is 0 Å². The Hall–Kier alpha value is -2.42. The van der Waals surface area contributed by atoms with Crippen molar-refractivity contribution in [1.29, 1.82) is 0 Å². The van der Waals surface area contributed by atoms with Crippen molar-refractivity contribution in [2.24, 2.45) is 0 Å². The third kappa shape index (κ3) is 2.58. The van der Waals surface area contributed by atoms with Gasteiger partial charge in [0.15, 0.2) is 18.3 Å². The highest BCUT2D eigenvalue weighted by Gasteiger charge is 2.02. The Labute approximate surface area is 98.4 Å². The first-order valence-corrected chi connectivity index (χ1v) is 5.11. The highest BCUT2D eigenvalue weighted by molar-refractivity contribution is 6.13. The molecule has 0 fully saturated rings. The summed E-state index contributed by atoms with van der Waals surface area (Å²) in [6, 6.07) is 12.5. The molecular formula is C14H10O3. The van der Waals surface area contributed by atoms with Crippen molar-refractivity contribution in [2.75, 3.05) is 0 Å². The van der Waals surface area contributed by atoms with Gasteiger partial charge < -0.3 is 4.42 Å².